The molecule has 92 valence electrons. The van der Waals surface area contributed by atoms with Crippen LogP contribution in [0.25, 0.3) is 10.9 Å². The number of hydrogen-bond acceptors (Lipinski definition) is 3. The number of rotatable bonds is 3. The largest absolute Gasteiger partial charge is 0.361 e. The molecular weight excluding hydrogens is 226 g/mol. The Morgan fingerprint density at radius 3 is 3.00 bits per heavy atom. The molecule has 5 nitrogen and oxygen atoms in total. The second-order valence-corrected chi connectivity index (χ2v) is 4.47. The summed E-state index contributed by atoms with van der Waals surface area (Å²) < 4.78 is 1.86. The van der Waals surface area contributed by atoms with Crippen LogP contribution < -0.4 is 5.73 Å². The Labute approximate surface area is 105 Å². The van der Waals surface area contributed by atoms with Crippen molar-refractivity contribution in [1.82, 2.24) is 19.7 Å². The van der Waals surface area contributed by atoms with Crippen LogP contribution >= 0.6 is 0 Å². The molecular formula is C13H15N5. The molecule has 2 aromatic heterocycles. The number of hydrogen-bond donors (Lipinski definition) is 2. The topological polar surface area (TPSA) is 72.5 Å². The number of H-pyrrole nitrogens is 1. The highest BCUT2D eigenvalue weighted by molar-refractivity contribution is 5.83. The minimum absolute atomic E-state index is 0.142. The van der Waals surface area contributed by atoms with Gasteiger partial charge in [-0.15, -0.1) is 10.2 Å². The van der Waals surface area contributed by atoms with Crippen LogP contribution in [0.15, 0.2) is 36.8 Å². The number of aromatic amines is 1. The van der Waals surface area contributed by atoms with Crippen molar-refractivity contribution >= 4 is 10.9 Å². The fourth-order valence-corrected chi connectivity index (χ4v) is 2.26. The number of nitrogens with two attached hydrogens (primary N) is 1. The van der Waals surface area contributed by atoms with E-state index in [1.165, 1.54) is 10.9 Å². The van der Waals surface area contributed by atoms with Gasteiger partial charge in [-0.05, 0) is 18.1 Å². The molecule has 0 amide bonds. The number of nitrogens with zero attached hydrogens (tertiary/aromatic N) is 3. The maximum absolute atomic E-state index is 6.19. The summed E-state index contributed by atoms with van der Waals surface area (Å²) in [5.74, 6) is 0.806. The molecule has 1 atom stereocenters. The van der Waals surface area contributed by atoms with Gasteiger partial charge in [0.2, 0.25) is 0 Å². The molecule has 0 saturated carbocycles. The van der Waals surface area contributed by atoms with Crippen LogP contribution in [-0.4, -0.2) is 19.7 Å². The first-order valence-corrected chi connectivity index (χ1v) is 5.90. The summed E-state index contributed by atoms with van der Waals surface area (Å²) in [5, 5.41) is 9.13. The summed E-state index contributed by atoms with van der Waals surface area (Å²) >= 11 is 0. The van der Waals surface area contributed by atoms with Gasteiger partial charge in [0.25, 0.3) is 0 Å². The van der Waals surface area contributed by atoms with Gasteiger partial charge in [-0.1, -0.05) is 18.2 Å². The van der Waals surface area contributed by atoms with Crippen molar-refractivity contribution in [3.8, 4) is 0 Å². The van der Waals surface area contributed by atoms with E-state index in [9.17, 15) is 0 Å². The lowest BCUT2D eigenvalue weighted by Crippen LogP contribution is -2.17. The summed E-state index contributed by atoms with van der Waals surface area (Å²) in [7, 11) is 1.91. The van der Waals surface area contributed by atoms with Gasteiger partial charge in [0, 0.05) is 24.1 Å². The molecule has 1 unspecified atom stereocenters. The lowest BCUT2D eigenvalue weighted by atomic mass is 10.1. The molecule has 0 aliphatic carbocycles. The minimum atomic E-state index is -0.142. The van der Waals surface area contributed by atoms with Crippen molar-refractivity contribution in [2.24, 2.45) is 12.8 Å². The summed E-state index contributed by atoms with van der Waals surface area (Å²) in [6, 6.07) is 8.08. The zero-order valence-electron chi connectivity index (χ0n) is 10.2. The van der Waals surface area contributed by atoms with Crippen LogP contribution in [0, 0.1) is 0 Å². The third-order valence-corrected chi connectivity index (χ3v) is 3.19. The van der Waals surface area contributed by atoms with Gasteiger partial charge in [0.15, 0.2) is 0 Å². The van der Waals surface area contributed by atoms with Crippen molar-refractivity contribution in [2.75, 3.05) is 0 Å². The number of para-hydroxylation sites is 1. The smallest absolute Gasteiger partial charge is 0.149 e. The van der Waals surface area contributed by atoms with Gasteiger partial charge in [0.05, 0.1) is 6.04 Å². The normalized spacial score (nSPS) is 13.0. The van der Waals surface area contributed by atoms with Gasteiger partial charge >= 0.3 is 0 Å². The summed E-state index contributed by atoms with van der Waals surface area (Å²) in [5.41, 5.74) is 8.53. The number of nitrogens with one attached hydrogen (secondary N) is 1. The third-order valence-electron chi connectivity index (χ3n) is 3.19. The van der Waals surface area contributed by atoms with E-state index in [-0.39, 0.29) is 6.04 Å². The molecule has 0 fully saturated rings. The standard InChI is InChI=1S/C13H15N5/c1-18-8-16-17-13(18)11(14)6-9-7-15-12-5-3-2-4-10(9)12/h2-5,7-8,11,15H,6,14H2,1H3. The van der Waals surface area contributed by atoms with Gasteiger partial charge < -0.3 is 15.3 Å². The van der Waals surface area contributed by atoms with E-state index >= 15 is 0 Å². The number of aromatic nitrogens is 4. The summed E-state index contributed by atoms with van der Waals surface area (Å²) in [6.45, 7) is 0. The van der Waals surface area contributed by atoms with Gasteiger partial charge in [-0.25, -0.2) is 0 Å². The highest BCUT2D eigenvalue weighted by Crippen LogP contribution is 2.22. The van der Waals surface area contributed by atoms with E-state index in [2.05, 4.69) is 27.3 Å². The first-order chi connectivity index (χ1) is 8.75. The first-order valence-electron chi connectivity index (χ1n) is 5.90. The Morgan fingerprint density at radius 2 is 2.22 bits per heavy atom. The van der Waals surface area contributed by atoms with Crippen LogP contribution in [0.2, 0.25) is 0 Å². The SMILES string of the molecule is Cn1cnnc1C(N)Cc1c[nH]c2ccccc12. The van der Waals surface area contributed by atoms with Crippen LogP contribution in [0.1, 0.15) is 17.4 Å². The van der Waals surface area contributed by atoms with Crippen LogP contribution in [0.4, 0.5) is 0 Å². The number of aryl methyl sites for hydroxylation is 1. The van der Waals surface area contributed by atoms with Crippen molar-refractivity contribution in [3.05, 3.63) is 48.2 Å². The Kier molecular flexibility index (Phi) is 2.60. The second kappa shape index (κ2) is 4.27. The molecule has 3 N–H and O–H groups in total. The van der Waals surface area contributed by atoms with Gasteiger partial charge in [-0.2, -0.15) is 0 Å². The summed E-state index contributed by atoms with van der Waals surface area (Å²) in [6.07, 6.45) is 4.43. The van der Waals surface area contributed by atoms with E-state index in [1.54, 1.807) is 6.33 Å². The average Bonchev–Trinajstić information content (AvgIpc) is 2.97. The van der Waals surface area contributed by atoms with E-state index in [0.29, 0.717) is 0 Å². The molecule has 0 aliphatic rings. The first kappa shape index (κ1) is 11.0. The van der Waals surface area contributed by atoms with E-state index in [4.69, 9.17) is 5.73 Å². The molecule has 0 bridgehead atoms. The predicted octanol–water partition coefficient (Wildman–Crippen LogP) is 1.54. The lowest BCUT2D eigenvalue weighted by Gasteiger charge is -2.09. The third kappa shape index (κ3) is 1.78. The fourth-order valence-electron chi connectivity index (χ4n) is 2.26. The molecule has 0 saturated heterocycles. The maximum atomic E-state index is 6.19. The van der Waals surface area contributed by atoms with Crippen molar-refractivity contribution in [2.45, 2.75) is 12.5 Å². The molecule has 3 aromatic rings. The van der Waals surface area contributed by atoms with Crippen molar-refractivity contribution in [1.29, 1.82) is 0 Å². The Hall–Kier alpha value is -2.14. The average molecular weight is 241 g/mol. The molecule has 0 spiro atoms. The molecule has 18 heavy (non-hydrogen) atoms. The van der Waals surface area contributed by atoms with Crippen LogP contribution in [-0.2, 0) is 13.5 Å². The quantitative estimate of drug-likeness (QED) is 0.730. The Balaban J connectivity index is 1.91. The van der Waals surface area contributed by atoms with Crippen LogP contribution in [0.3, 0.4) is 0 Å². The second-order valence-electron chi connectivity index (χ2n) is 4.47. The number of fused-ring (bicyclic) bond motifs is 1. The monoisotopic (exact) mass is 241 g/mol. The zero-order chi connectivity index (χ0) is 12.5. The van der Waals surface area contributed by atoms with Gasteiger partial charge in [0.1, 0.15) is 12.2 Å². The predicted molar refractivity (Wildman–Crippen MR) is 69.9 cm³/mol. The summed E-state index contributed by atoms with van der Waals surface area (Å²) in [4.78, 5) is 3.26. The van der Waals surface area contributed by atoms with E-state index in [1.807, 2.05) is 29.9 Å². The molecule has 0 aliphatic heterocycles. The Bertz CT molecular complexity index is 667. The molecule has 1 aromatic carbocycles. The number of benzene rings is 1. The highest BCUT2D eigenvalue weighted by atomic mass is 15.3. The highest BCUT2D eigenvalue weighted by Gasteiger charge is 2.14. The van der Waals surface area contributed by atoms with E-state index in [0.717, 1.165) is 17.8 Å². The van der Waals surface area contributed by atoms with Gasteiger partial charge in [-0.3, -0.25) is 0 Å². The lowest BCUT2D eigenvalue weighted by molar-refractivity contribution is 0.631. The maximum Gasteiger partial charge on any atom is 0.149 e. The zero-order valence-corrected chi connectivity index (χ0v) is 10.2. The van der Waals surface area contributed by atoms with Crippen LogP contribution in [0.5, 0.6) is 0 Å². The minimum Gasteiger partial charge on any atom is -0.361 e. The van der Waals surface area contributed by atoms with E-state index < -0.39 is 0 Å². The molecule has 0 radical (unpaired) electrons. The molecule has 2 heterocycles. The fraction of sp³-hybridized carbons (Fsp3) is 0.231. The molecule has 5 heteroatoms. The Morgan fingerprint density at radius 1 is 1.39 bits per heavy atom. The van der Waals surface area contributed by atoms with Crippen molar-refractivity contribution in [3.63, 3.8) is 0 Å². The molecule has 3 rings (SSSR count). The van der Waals surface area contributed by atoms with Crippen molar-refractivity contribution < 1.29 is 0 Å².